The zero-order valence-electron chi connectivity index (χ0n) is 12.2. The Hall–Kier alpha value is -1.06. The number of amides is 1. The fourth-order valence-electron chi connectivity index (χ4n) is 2.70. The number of hydrogen-bond acceptors (Lipinski definition) is 3. The molecule has 0 saturated heterocycles. The van der Waals surface area contributed by atoms with Crippen molar-refractivity contribution in [3.05, 3.63) is 0 Å². The summed E-state index contributed by atoms with van der Waals surface area (Å²) in [4.78, 5) is 25.6. The third-order valence-corrected chi connectivity index (χ3v) is 3.99. The molecule has 0 aliphatic heterocycles. The highest BCUT2D eigenvalue weighted by molar-refractivity contribution is 5.84. The molecule has 0 bridgehead atoms. The van der Waals surface area contributed by atoms with Crippen LogP contribution in [0, 0.1) is 11.3 Å². The average Bonchev–Trinajstić information content (AvgIpc) is 2.64. The lowest BCUT2D eigenvalue weighted by molar-refractivity contribution is -0.151. The van der Waals surface area contributed by atoms with E-state index in [4.69, 9.17) is 0 Å². The van der Waals surface area contributed by atoms with E-state index in [9.17, 15) is 9.59 Å². The van der Waals surface area contributed by atoms with E-state index < -0.39 is 0 Å². The Morgan fingerprint density at radius 2 is 2.00 bits per heavy atom. The van der Waals surface area contributed by atoms with Gasteiger partial charge >= 0.3 is 5.97 Å². The Kier molecular flexibility index (Phi) is 4.77. The first-order chi connectivity index (χ1) is 8.29. The fraction of sp³-hybridized carbons (Fsp3) is 0.857. The summed E-state index contributed by atoms with van der Waals surface area (Å²) >= 11 is 0. The Labute approximate surface area is 110 Å². The molecule has 0 radical (unpaired) electrons. The van der Waals surface area contributed by atoms with Gasteiger partial charge in [0.25, 0.3) is 0 Å². The molecule has 1 amide bonds. The molecule has 4 nitrogen and oxygen atoms in total. The van der Waals surface area contributed by atoms with Gasteiger partial charge in [0.05, 0.1) is 7.11 Å². The Balaban J connectivity index is 2.80. The molecule has 1 rings (SSSR count). The van der Waals surface area contributed by atoms with Crippen molar-refractivity contribution in [2.45, 2.75) is 53.0 Å². The highest BCUT2D eigenvalue weighted by Crippen LogP contribution is 2.43. The number of methoxy groups -OCH3 is 1. The van der Waals surface area contributed by atoms with Gasteiger partial charge in [-0.05, 0) is 32.1 Å². The van der Waals surface area contributed by atoms with E-state index in [1.165, 1.54) is 7.11 Å². The Bertz CT molecular complexity index is 323. The van der Waals surface area contributed by atoms with Crippen LogP contribution >= 0.6 is 0 Å². The molecule has 0 N–H and O–H groups in total. The lowest BCUT2D eigenvalue weighted by Gasteiger charge is -2.33. The van der Waals surface area contributed by atoms with Crippen LogP contribution in [0.4, 0.5) is 0 Å². The van der Waals surface area contributed by atoms with Gasteiger partial charge in [0.1, 0.15) is 6.54 Å². The lowest BCUT2D eigenvalue weighted by Crippen LogP contribution is -2.46. The summed E-state index contributed by atoms with van der Waals surface area (Å²) in [5, 5.41) is 0. The van der Waals surface area contributed by atoms with Gasteiger partial charge in [-0.3, -0.25) is 9.59 Å². The third-order valence-electron chi connectivity index (χ3n) is 3.99. The molecule has 1 aliphatic rings. The van der Waals surface area contributed by atoms with Gasteiger partial charge in [-0.15, -0.1) is 0 Å². The van der Waals surface area contributed by atoms with Crippen LogP contribution in [-0.4, -0.2) is 36.5 Å². The van der Waals surface area contributed by atoms with Crippen LogP contribution in [0.15, 0.2) is 0 Å². The molecule has 0 spiro atoms. The van der Waals surface area contributed by atoms with Gasteiger partial charge in [0.15, 0.2) is 0 Å². The minimum atomic E-state index is -0.354. The van der Waals surface area contributed by atoms with E-state index >= 15 is 0 Å². The zero-order chi connectivity index (χ0) is 13.9. The molecule has 0 aromatic heterocycles. The molecule has 1 unspecified atom stereocenters. The average molecular weight is 255 g/mol. The zero-order valence-corrected chi connectivity index (χ0v) is 12.2. The van der Waals surface area contributed by atoms with Crippen molar-refractivity contribution < 1.29 is 14.3 Å². The number of nitrogens with zero attached hydrogens (tertiary/aromatic N) is 1. The molecule has 1 aliphatic carbocycles. The van der Waals surface area contributed by atoms with Gasteiger partial charge in [-0.1, -0.05) is 20.3 Å². The molecule has 1 fully saturated rings. The summed E-state index contributed by atoms with van der Waals surface area (Å²) in [6, 6.07) is 0.0213. The molecule has 18 heavy (non-hydrogen) atoms. The summed E-state index contributed by atoms with van der Waals surface area (Å²) in [5.41, 5.74) is 0.0420. The summed E-state index contributed by atoms with van der Waals surface area (Å²) in [5.74, 6) is -0.227. The number of carbonyl (C=O) groups is 2. The van der Waals surface area contributed by atoms with E-state index in [1.54, 1.807) is 4.90 Å². The van der Waals surface area contributed by atoms with Crippen molar-refractivity contribution in [1.29, 1.82) is 0 Å². The van der Waals surface area contributed by atoms with Crippen molar-refractivity contribution in [2.75, 3.05) is 13.7 Å². The second kappa shape index (κ2) is 5.72. The van der Waals surface area contributed by atoms with Crippen molar-refractivity contribution in [3.8, 4) is 0 Å². The standard InChI is InChI=1S/C14H25NO3/c1-10(2)15(9-12(16)18-5)13(17)11-7-6-8-14(11,3)4/h10-11H,6-9H2,1-5H3. The first kappa shape index (κ1) is 15.0. The van der Waals surface area contributed by atoms with Gasteiger partial charge in [-0.2, -0.15) is 0 Å². The van der Waals surface area contributed by atoms with Crippen LogP contribution in [0.3, 0.4) is 0 Å². The molecule has 104 valence electrons. The predicted octanol–water partition coefficient (Wildman–Crippen LogP) is 2.22. The third kappa shape index (κ3) is 3.24. The SMILES string of the molecule is COC(=O)CN(C(=O)C1CCCC1(C)C)C(C)C. The molecule has 0 aromatic rings. The van der Waals surface area contributed by atoms with E-state index in [0.717, 1.165) is 19.3 Å². The lowest BCUT2D eigenvalue weighted by atomic mass is 9.81. The smallest absolute Gasteiger partial charge is 0.325 e. The van der Waals surface area contributed by atoms with Crippen LogP contribution < -0.4 is 0 Å². The molecule has 1 atom stereocenters. The van der Waals surface area contributed by atoms with Gasteiger partial charge in [0.2, 0.25) is 5.91 Å². The summed E-state index contributed by atoms with van der Waals surface area (Å²) < 4.78 is 4.66. The van der Waals surface area contributed by atoms with Crippen molar-refractivity contribution in [2.24, 2.45) is 11.3 Å². The minimum Gasteiger partial charge on any atom is -0.468 e. The van der Waals surface area contributed by atoms with Gasteiger partial charge in [-0.25, -0.2) is 0 Å². The van der Waals surface area contributed by atoms with Crippen molar-refractivity contribution in [1.82, 2.24) is 4.90 Å². The summed E-state index contributed by atoms with van der Waals surface area (Å²) in [6.07, 6.45) is 3.09. The number of ether oxygens (including phenoxy) is 1. The van der Waals surface area contributed by atoms with Crippen LogP contribution in [0.2, 0.25) is 0 Å². The maximum absolute atomic E-state index is 12.6. The maximum atomic E-state index is 12.6. The minimum absolute atomic E-state index is 0.0213. The van der Waals surface area contributed by atoms with Gasteiger partial charge in [0, 0.05) is 12.0 Å². The second-order valence-corrected chi connectivity index (χ2v) is 6.07. The molecular weight excluding hydrogens is 230 g/mol. The number of rotatable bonds is 4. The van der Waals surface area contributed by atoms with Crippen LogP contribution in [0.25, 0.3) is 0 Å². The number of carbonyl (C=O) groups excluding carboxylic acids is 2. The number of esters is 1. The quantitative estimate of drug-likeness (QED) is 0.724. The van der Waals surface area contributed by atoms with Crippen LogP contribution in [0.5, 0.6) is 0 Å². The Morgan fingerprint density at radius 3 is 2.39 bits per heavy atom. The number of hydrogen-bond donors (Lipinski definition) is 0. The highest BCUT2D eigenvalue weighted by atomic mass is 16.5. The monoisotopic (exact) mass is 255 g/mol. The molecular formula is C14H25NO3. The van der Waals surface area contributed by atoms with E-state index in [-0.39, 0.29) is 35.8 Å². The Morgan fingerprint density at radius 1 is 1.39 bits per heavy atom. The van der Waals surface area contributed by atoms with Crippen molar-refractivity contribution in [3.63, 3.8) is 0 Å². The fourth-order valence-corrected chi connectivity index (χ4v) is 2.70. The van der Waals surface area contributed by atoms with Gasteiger partial charge < -0.3 is 9.64 Å². The molecule has 0 aromatic carbocycles. The highest BCUT2D eigenvalue weighted by Gasteiger charge is 2.41. The topological polar surface area (TPSA) is 46.6 Å². The van der Waals surface area contributed by atoms with E-state index in [1.807, 2.05) is 13.8 Å². The first-order valence-corrected chi connectivity index (χ1v) is 6.67. The predicted molar refractivity (Wildman–Crippen MR) is 70.0 cm³/mol. The van der Waals surface area contributed by atoms with Crippen LogP contribution in [0.1, 0.15) is 47.0 Å². The first-order valence-electron chi connectivity index (χ1n) is 6.67. The largest absolute Gasteiger partial charge is 0.468 e. The van der Waals surface area contributed by atoms with E-state index in [2.05, 4.69) is 18.6 Å². The molecule has 4 heteroatoms. The summed E-state index contributed by atoms with van der Waals surface area (Å²) in [6.45, 7) is 8.20. The normalized spacial score (nSPS) is 22.0. The second-order valence-electron chi connectivity index (χ2n) is 6.07. The molecule has 1 saturated carbocycles. The van der Waals surface area contributed by atoms with Crippen molar-refractivity contribution >= 4 is 11.9 Å². The summed E-state index contributed by atoms with van der Waals surface area (Å²) in [7, 11) is 1.35. The molecule has 0 heterocycles. The maximum Gasteiger partial charge on any atom is 0.325 e. The van der Waals surface area contributed by atoms with E-state index in [0.29, 0.717) is 0 Å². The van der Waals surface area contributed by atoms with Crippen LogP contribution in [-0.2, 0) is 14.3 Å².